The standard InChI is InChI=1S/C33H42N6O4/c1-9-21(20(2)36-30(34)43-32(6,7)8)18-39(29(42)31(3,4)5)19-26(40)37-24-13-12-22-16-33(17-23(22)15-24)25-11-10-14-35-27(25)38-28(33)41/h9-15H,1,16-19H2,2-8H3,(H2,34,36)(H,37,40)(H,35,38,41)/b21-20-. The van der Waals surface area contributed by atoms with E-state index in [1.54, 1.807) is 40.0 Å². The van der Waals surface area contributed by atoms with Crippen molar-refractivity contribution >= 4 is 35.2 Å². The van der Waals surface area contributed by atoms with Gasteiger partial charge in [-0.25, -0.2) is 9.98 Å². The summed E-state index contributed by atoms with van der Waals surface area (Å²) >= 11 is 0. The number of nitrogens with one attached hydrogen (secondary N) is 2. The average Bonchev–Trinajstić information content (AvgIpc) is 3.41. The lowest BCUT2D eigenvalue weighted by molar-refractivity contribution is -0.141. The SMILES string of the molecule is C=C/C(CN(CC(=O)Nc1ccc2c(c1)CC1(C2)C(=O)Nc2ncccc21)C(=O)C(C)(C)C)=C(\C)N=C(N)OC(C)(C)C. The van der Waals surface area contributed by atoms with Gasteiger partial charge in [0, 0.05) is 35.1 Å². The summed E-state index contributed by atoms with van der Waals surface area (Å²) in [5.41, 5.74) is 8.75. The van der Waals surface area contributed by atoms with Crippen LogP contribution in [0, 0.1) is 5.41 Å². The third-order valence-electron chi connectivity index (χ3n) is 7.49. The molecule has 1 unspecified atom stereocenters. The molecule has 4 N–H and O–H groups in total. The highest BCUT2D eigenvalue weighted by atomic mass is 16.5. The van der Waals surface area contributed by atoms with Crippen LogP contribution in [0.25, 0.3) is 0 Å². The van der Waals surface area contributed by atoms with Gasteiger partial charge in [0.2, 0.25) is 17.7 Å². The van der Waals surface area contributed by atoms with E-state index < -0.39 is 16.4 Å². The van der Waals surface area contributed by atoms with Crippen molar-refractivity contribution in [2.24, 2.45) is 16.1 Å². The number of allylic oxidation sites excluding steroid dienone is 1. The van der Waals surface area contributed by atoms with E-state index in [2.05, 4.69) is 27.2 Å². The lowest BCUT2D eigenvalue weighted by Crippen LogP contribution is -2.44. The van der Waals surface area contributed by atoms with Crippen molar-refractivity contribution in [3.8, 4) is 0 Å². The molecule has 0 fully saturated rings. The number of anilines is 2. The van der Waals surface area contributed by atoms with Crippen molar-refractivity contribution in [1.82, 2.24) is 9.88 Å². The van der Waals surface area contributed by atoms with Gasteiger partial charge in [0.15, 0.2) is 0 Å². The predicted molar refractivity (Wildman–Crippen MR) is 168 cm³/mol. The second-order valence-corrected chi connectivity index (χ2v) is 13.2. The lowest BCUT2D eigenvalue weighted by atomic mass is 9.79. The van der Waals surface area contributed by atoms with Gasteiger partial charge in [-0.15, -0.1) is 0 Å². The number of aliphatic imine (C=N–C) groups is 1. The minimum absolute atomic E-state index is 0.00372. The third-order valence-corrected chi connectivity index (χ3v) is 7.49. The fourth-order valence-corrected chi connectivity index (χ4v) is 5.50. The Hall–Kier alpha value is -4.47. The molecule has 228 valence electrons. The Morgan fingerprint density at radius 2 is 1.86 bits per heavy atom. The number of carbonyl (C=O) groups excluding carboxylic acids is 3. The van der Waals surface area contributed by atoms with Crippen LogP contribution in [0.4, 0.5) is 11.5 Å². The van der Waals surface area contributed by atoms with Gasteiger partial charge in [0.1, 0.15) is 18.0 Å². The number of aromatic nitrogens is 1. The van der Waals surface area contributed by atoms with Crippen molar-refractivity contribution in [2.45, 2.75) is 72.3 Å². The molecular weight excluding hydrogens is 544 g/mol. The van der Waals surface area contributed by atoms with Crippen molar-refractivity contribution in [1.29, 1.82) is 0 Å². The highest BCUT2D eigenvalue weighted by Gasteiger charge is 2.51. The Bertz CT molecular complexity index is 1530. The highest BCUT2D eigenvalue weighted by molar-refractivity contribution is 6.06. The Morgan fingerprint density at radius 3 is 2.51 bits per heavy atom. The van der Waals surface area contributed by atoms with Crippen molar-refractivity contribution < 1.29 is 19.1 Å². The van der Waals surface area contributed by atoms with Crippen LogP contribution in [0.5, 0.6) is 0 Å². The number of fused-ring (bicyclic) bond motifs is 3. The Morgan fingerprint density at radius 1 is 1.16 bits per heavy atom. The number of nitrogens with zero attached hydrogens (tertiary/aromatic N) is 3. The van der Waals surface area contributed by atoms with Crippen LogP contribution < -0.4 is 16.4 Å². The van der Waals surface area contributed by atoms with E-state index in [1.807, 2.05) is 51.1 Å². The number of hydrogen-bond acceptors (Lipinski definition) is 6. The highest BCUT2D eigenvalue weighted by Crippen LogP contribution is 2.46. The number of rotatable bonds is 7. The number of ether oxygens (including phenoxy) is 1. The number of amidine groups is 1. The summed E-state index contributed by atoms with van der Waals surface area (Å²) in [5.74, 6) is -0.000791. The molecule has 0 saturated heterocycles. The maximum atomic E-state index is 13.4. The smallest absolute Gasteiger partial charge is 0.287 e. The largest absolute Gasteiger partial charge is 0.459 e. The monoisotopic (exact) mass is 586 g/mol. The molecule has 1 aromatic heterocycles. The van der Waals surface area contributed by atoms with Gasteiger partial charge in [-0.05, 0) is 75.4 Å². The molecule has 0 saturated carbocycles. The molecule has 2 aliphatic rings. The number of carbonyl (C=O) groups is 3. The number of benzene rings is 1. The fraction of sp³-hybridized carbons (Fsp3) is 0.424. The summed E-state index contributed by atoms with van der Waals surface area (Å²) in [6, 6.07) is 9.48. The second kappa shape index (κ2) is 11.7. The molecule has 2 heterocycles. The van der Waals surface area contributed by atoms with Gasteiger partial charge in [-0.3, -0.25) is 14.4 Å². The van der Waals surface area contributed by atoms with Crippen LogP contribution in [-0.2, 0) is 37.4 Å². The summed E-state index contributed by atoms with van der Waals surface area (Å²) in [6.07, 6.45) is 4.35. The quantitative estimate of drug-likeness (QED) is 0.249. The Balaban J connectivity index is 1.51. The average molecular weight is 587 g/mol. The lowest BCUT2D eigenvalue weighted by Gasteiger charge is -2.30. The molecule has 4 rings (SSSR count). The van der Waals surface area contributed by atoms with E-state index in [1.165, 1.54) is 4.90 Å². The minimum atomic E-state index is -0.729. The van der Waals surface area contributed by atoms with Gasteiger partial charge in [-0.1, -0.05) is 45.6 Å². The molecule has 0 radical (unpaired) electrons. The van der Waals surface area contributed by atoms with Crippen molar-refractivity contribution in [2.75, 3.05) is 23.7 Å². The van der Waals surface area contributed by atoms with Crippen molar-refractivity contribution in [3.05, 3.63) is 77.1 Å². The summed E-state index contributed by atoms with van der Waals surface area (Å²) in [7, 11) is 0. The molecule has 1 aliphatic heterocycles. The summed E-state index contributed by atoms with van der Waals surface area (Å²) < 4.78 is 5.62. The first-order chi connectivity index (χ1) is 20.0. The molecule has 1 aliphatic carbocycles. The molecule has 3 amide bonds. The molecule has 1 aromatic carbocycles. The maximum Gasteiger partial charge on any atom is 0.287 e. The van der Waals surface area contributed by atoms with Crippen LogP contribution in [0.2, 0.25) is 0 Å². The Kier molecular flexibility index (Phi) is 8.53. The normalized spacial score (nSPS) is 18.4. The van der Waals surface area contributed by atoms with Gasteiger partial charge in [-0.2, -0.15) is 0 Å². The van der Waals surface area contributed by atoms with Crippen LogP contribution in [0.1, 0.15) is 65.2 Å². The maximum absolute atomic E-state index is 13.4. The predicted octanol–water partition coefficient (Wildman–Crippen LogP) is 4.47. The van der Waals surface area contributed by atoms with E-state index >= 15 is 0 Å². The molecule has 1 atom stereocenters. The molecule has 10 heteroatoms. The zero-order chi connectivity index (χ0) is 31.7. The summed E-state index contributed by atoms with van der Waals surface area (Å²) in [6.45, 7) is 16.6. The van der Waals surface area contributed by atoms with Crippen LogP contribution in [0.3, 0.4) is 0 Å². The van der Waals surface area contributed by atoms with E-state index in [0.29, 0.717) is 35.6 Å². The number of amides is 3. The Labute approximate surface area is 253 Å². The molecule has 2 aromatic rings. The van der Waals surface area contributed by atoms with E-state index in [0.717, 1.165) is 16.7 Å². The van der Waals surface area contributed by atoms with Crippen LogP contribution >= 0.6 is 0 Å². The fourth-order valence-electron chi connectivity index (χ4n) is 5.50. The molecule has 0 bridgehead atoms. The summed E-state index contributed by atoms with van der Waals surface area (Å²) in [5, 5.41) is 5.86. The molecule has 43 heavy (non-hydrogen) atoms. The number of pyridine rings is 1. The van der Waals surface area contributed by atoms with Gasteiger partial charge in [0.25, 0.3) is 6.02 Å². The minimum Gasteiger partial charge on any atom is -0.459 e. The first-order valence-corrected chi connectivity index (χ1v) is 14.4. The molecular formula is C33H42N6O4. The van der Waals surface area contributed by atoms with Crippen LogP contribution in [0.15, 0.2) is 65.4 Å². The molecule has 1 spiro atoms. The first kappa shape index (κ1) is 31.5. The number of nitrogens with two attached hydrogens (primary N) is 1. The zero-order valence-electron chi connectivity index (χ0n) is 26.1. The topological polar surface area (TPSA) is 139 Å². The summed E-state index contributed by atoms with van der Waals surface area (Å²) in [4.78, 5) is 49.9. The van der Waals surface area contributed by atoms with Gasteiger partial charge >= 0.3 is 0 Å². The zero-order valence-corrected chi connectivity index (χ0v) is 26.1. The van der Waals surface area contributed by atoms with Gasteiger partial charge in [0.05, 0.1) is 5.41 Å². The van der Waals surface area contributed by atoms with E-state index in [4.69, 9.17) is 10.5 Å². The first-order valence-electron chi connectivity index (χ1n) is 14.4. The third kappa shape index (κ3) is 6.96. The molecule has 10 nitrogen and oxygen atoms in total. The number of hydrogen-bond donors (Lipinski definition) is 3. The van der Waals surface area contributed by atoms with Gasteiger partial charge < -0.3 is 26.0 Å². The van der Waals surface area contributed by atoms with E-state index in [-0.39, 0.29) is 36.8 Å². The van der Waals surface area contributed by atoms with E-state index in [9.17, 15) is 14.4 Å². The second-order valence-electron chi connectivity index (χ2n) is 13.2. The van der Waals surface area contributed by atoms with Crippen LogP contribution in [-0.4, -0.2) is 52.3 Å². The van der Waals surface area contributed by atoms with Crippen molar-refractivity contribution in [3.63, 3.8) is 0 Å².